The summed E-state index contributed by atoms with van der Waals surface area (Å²) >= 11 is 0. The van der Waals surface area contributed by atoms with Crippen LogP contribution in [0.25, 0.3) is 104 Å². The molecule has 0 atom stereocenters. The SMILES string of the molecule is C=C/C(=C\C)c1c2c(c(/C(C=C)=C/C)c3ccccc13)-c1ccc(-c3ccc(-n4c5ccccc5c5c6[nH]ccc6ccc54)cc3)c3cccc-2c13. The molecule has 2 heterocycles. The molecule has 2 aromatic heterocycles. The minimum absolute atomic E-state index is 1.14. The van der Waals surface area contributed by atoms with Gasteiger partial charge in [0.1, 0.15) is 0 Å². The third-order valence-corrected chi connectivity index (χ3v) is 11.2. The van der Waals surface area contributed by atoms with Gasteiger partial charge in [-0.1, -0.05) is 128 Å². The fourth-order valence-corrected chi connectivity index (χ4v) is 9.03. The first kappa shape index (κ1) is 30.2. The molecule has 0 amide bonds. The zero-order chi connectivity index (χ0) is 35.1. The second-order valence-corrected chi connectivity index (χ2v) is 13.6. The van der Waals surface area contributed by atoms with Crippen LogP contribution in [0.4, 0.5) is 0 Å². The quantitative estimate of drug-likeness (QED) is 0.171. The Labute approximate surface area is 303 Å². The molecule has 7 aromatic carbocycles. The molecule has 0 saturated carbocycles. The van der Waals surface area contributed by atoms with Gasteiger partial charge in [-0.05, 0) is 121 Å². The van der Waals surface area contributed by atoms with Crippen LogP contribution in [0, 0.1) is 0 Å². The predicted molar refractivity (Wildman–Crippen MR) is 225 cm³/mol. The second kappa shape index (κ2) is 11.4. The number of H-pyrrole nitrogens is 1. The minimum Gasteiger partial charge on any atom is -0.361 e. The Morgan fingerprint density at radius 1 is 0.538 bits per heavy atom. The summed E-state index contributed by atoms with van der Waals surface area (Å²) in [4.78, 5) is 3.50. The Kier molecular flexibility index (Phi) is 6.65. The molecular formula is C50H36N2. The molecule has 246 valence electrons. The number of allylic oxidation sites excluding steroid dienone is 6. The maximum atomic E-state index is 4.25. The maximum absolute atomic E-state index is 4.25. The number of nitrogens with one attached hydrogen (secondary N) is 1. The summed E-state index contributed by atoms with van der Waals surface area (Å²) in [7, 11) is 0. The van der Waals surface area contributed by atoms with Crippen molar-refractivity contribution < 1.29 is 0 Å². The summed E-state index contributed by atoms with van der Waals surface area (Å²) in [5, 5.41) is 8.76. The average molecular weight is 665 g/mol. The molecule has 0 aliphatic heterocycles. The predicted octanol–water partition coefficient (Wildman–Crippen LogP) is 14.1. The lowest BCUT2D eigenvalue weighted by atomic mass is 9.82. The molecule has 0 fully saturated rings. The number of para-hydroxylation sites is 1. The number of nitrogens with zero attached hydrogens (tertiary/aromatic N) is 1. The van der Waals surface area contributed by atoms with Gasteiger partial charge >= 0.3 is 0 Å². The van der Waals surface area contributed by atoms with E-state index in [1.165, 1.54) is 98.8 Å². The first-order valence-corrected chi connectivity index (χ1v) is 18.0. The van der Waals surface area contributed by atoms with E-state index in [0.29, 0.717) is 0 Å². The Morgan fingerprint density at radius 3 is 1.83 bits per heavy atom. The normalized spacial score (nSPS) is 12.8. The van der Waals surface area contributed by atoms with Crippen LogP contribution >= 0.6 is 0 Å². The summed E-state index contributed by atoms with van der Waals surface area (Å²) in [6.07, 6.45) is 10.4. The molecule has 0 radical (unpaired) electrons. The monoisotopic (exact) mass is 664 g/mol. The average Bonchev–Trinajstić information content (AvgIpc) is 3.90. The standard InChI is InChI=1S/C50H36N2/c1-5-30(6-2)44-37-14-9-10-15-38(37)45(31(7-3)8-4)49-41-26-25-35(36-17-13-18-40(46(36)41)48(44)49)32-20-23-34(24-21-32)52-42-19-12-11-16-39(42)47-43(52)27-22-33-28-29-51-50(33)47/h5-29,51H,1,3H2,2,4H3/b30-6+,31-8+. The highest BCUT2D eigenvalue weighted by Gasteiger charge is 2.31. The number of fused-ring (bicyclic) bond motifs is 9. The Balaban J connectivity index is 1.20. The van der Waals surface area contributed by atoms with Crippen molar-refractivity contribution in [1.82, 2.24) is 9.55 Å². The van der Waals surface area contributed by atoms with Gasteiger partial charge in [0, 0.05) is 28.0 Å². The van der Waals surface area contributed by atoms with Gasteiger partial charge in [-0.15, -0.1) is 0 Å². The van der Waals surface area contributed by atoms with Gasteiger partial charge in [-0.25, -0.2) is 0 Å². The highest BCUT2D eigenvalue weighted by atomic mass is 15.0. The van der Waals surface area contributed by atoms with Crippen LogP contribution in [0.3, 0.4) is 0 Å². The van der Waals surface area contributed by atoms with Gasteiger partial charge in [0.15, 0.2) is 0 Å². The summed E-state index contributed by atoms with van der Waals surface area (Å²) in [6.45, 7) is 12.7. The summed E-state index contributed by atoms with van der Waals surface area (Å²) < 4.78 is 2.39. The van der Waals surface area contributed by atoms with Gasteiger partial charge in [0.2, 0.25) is 0 Å². The van der Waals surface area contributed by atoms with Crippen molar-refractivity contribution in [3.05, 3.63) is 176 Å². The van der Waals surface area contributed by atoms with Gasteiger partial charge in [-0.3, -0.25) is 0 Å². The van der Waals surface area contributed by atoms with Crippen molar-refractivity contribution in [2.75, 3.05) is 0 Å². The van der Waals surface area contributed by atoms with Crippen molar-refractivity contribution in [2.24, 2.45) is 0 Å². The van der Waals surface area contributed by atoms with Crippen molar-refractivity contribution >= 4 is 65.4 Å². The molecule has 1 aliphatic carbocycles. The molecule has 1 N–H and O–H groups in total. The zero-order valence-electron chi connectivity index (χ0n) is 29.3. The van der Waals surface area contributed by atoms with Gasteiger partial charge in [0.25, 0.3) is 0 Å². The molecular weight excluding hydrogens is 629 g/mol. The number of aromatic amines is 1. The molecule has 0 unspecified atom stereocenters. The first-order valence-electron chi connectivity index (χ1n) is 18.0. The molecule has 9 aromatic rings. The van der Waals surface area contributed by atoms with Crippen molar-refractivity contribution in [2.45, 2.75) is 13.8 Å². The van der Waals surface area contributed by atoms with Crippen molar-refractivity contribution in [1.29, 1.82) is 0 Å². The Hall–Kier alpha value is -6.64. The molecule has 2 nitrogen and oxygen atoms in total. The topological polar surface area (TPSA) is 20.7 Å². The van der Waals surface area contributed by atoms with E-state index in [-0.39, 0.29) is 0 Å². The summed E-state index contributed by atoms with van der Waals surface area (Å²) in [6, 6.07) is 44.7. The number of aromatic nitrogens is 2. The number of hydrogen-bond donors (Lipinski definition) is 1. The molecule has 52 heavy (non-hydrogen) atoms. The minimum atomic E-state index is 1.14. The Morgan fingerprint density at radius 2 is 1.15 bits per heavy atom. The van der Waals surface area contributed by atoms with E-state index in [2.05, 4.69) is 170 Å². The van der Waals surface area contributed by atoms with E-state index < -0.39 is 0 Å². The van der Waals surface area contributed by atoms with Crippen molar-refractivity contribution in [3.8, 4) is 39.1 Å². The van der Waals surface area contributed by atoms with E-state index in [4.69, 9.17) is 0 Å². The van der Waals surface area contributed by atoms with Crippen LogP contribution < -0.4 is 0 Å². The second-order valence-electron chi connectivity index (χ2n) is 13.6. The van der Waals surface area contributed by atoms with Crippen LogP contribution in [-0.4, -0.2) is 9.55 Å². The summed E-state index contributed by atoms with van der Waals surface area (Å²) in [5.41, 5.74) is 17.0. The van der Waals surface area contributed by atoms with E-state index in [1.807, 2.05) is 18.3 Å². The van der Waals surface area contributed by atoms with Gasteiger partial charge in [-0.2, -0.15) is 0 Å². The zero-order valence-corrected chi connectivity index (χ0v) is 29.3. The first-order chi connectivity index (χ1) is 25.7. The molecule has 0 saturated heterocycles. The van der Waals surface area contributed by atoms with E-state index >= 15 is 0 Å². The molecule has 1 aliphatic rings. The fraction of sp³-hybridized carbons (Fsp3) is 0.0400. The lowest BCUT2D eigenvalue weighted by Gasteiger charge is -2.21. The largest absolute Gasteiger partial charge is 0.361 e. The summed E-state index contributed by atoms with van der Waals surface area (Å²) in [5.74, 6) is 0. The molecule has 2 heteroatoms. The maximum Gasteiger partial charge on any atom is 0.0562 e. The molecule has 0 bridgehead atoms. The van der Waals surface area contributed by atoms with E-state index in [9.17, 15) is 0 Å². The lowest BCUT2D eigenvalue weighted by molar-refractivity contribution is 1.18. The number of benzene rings is 7. The van der Waals surface area contributed by atoms with E-state index in [1.54, 1.807) is 0 Å². The van der Waals surface area contributed by atoms with Gasteiger partial charge in [0.05, 0.1) is 16.6 Å². The third kappa shape index (κ3) is 4.01. The van der Waals surface area contributed by atoms with Crippen LogP contribution in [0.2, 0.25) is 0 Å². The number of hydrogen-bond acceptors (Lipinski definition) is 0. The lowest BCUT2D eigenvalue weighted by Crippen LogP contribution is -1.97. The van der Waals surface area contributed by atoms with Crippen LogP contribution in [0.15, 0.2) is 165 Å². The molecule has 10 rings (SSSR count). The van der Waals surface area contributed by atoms with Gasteiger partial charge < -0.3 is 9.55 Å². The van der Waals surface area contributed by atoms with Crippen molar-refractivity contribution in [3.63, 3.8) is 0 Å². The molecule has 0 spiro atoms. The third-order valence-electron chi connectivity index (χ3n) is 11.2. The Bertz CT molecular complexity index is 2970. The van der Waals surface area contributed by atoms with Crippen LogP contribution in [0.1, 0.15) is 25.0 Å². The fourth-order valence-electron chi connectivity index (χ4n) is 9.03. The highest BCUT2D eigenvalue weighted by molar-refractivity contribution is 6.26. The number of rotatable bonds is 6. The van der Waals surface area contributed by atoms with E-state index in [0.717, 1.165) is 16.8 Å². The van der Waals surface area contributed by atoms with Crippen LogP contribution in [0.5, 0.6) is 0 Å². The van der Waals surface area contributed by atoms with Crippen LogP contribution in [-0.2, 0) is 0 Å². The highest BCUT2D eigenvalue weighted by Crippen LogP contribution is 2.56. The smallest absolute Gasteiger partial charge is 0.0562 e.